The molecule has 9 heteroatoms. The van der Waals surface area contributed by atoms with Gasteiger partial charge >= 0.3 is 5.97 Å². The smallest absolute Gasteiger partial charge is 0.311 e. The van der Waals surface area contributed by atoms with Crippen LogP contribution in [0.2, 0.25) is 0 Å². The van der Waals surface area contributed by atoms with Crippen LogP contribution < -0.4 is 14.8 Å². The number of anilines is 1. The lowest BCUT2D eigenvalue weighted by Gasteiger charge is -2.14. The topological polar surface area (TPSA) is 97.2 Å². The van der Waals surface area contributed by atoms with Gasteiger partial charge < -0.3 is 19.9 Å². The van der Waals surface area contributed by atoms with Crippen LogP contribution in [0.1, 0.15) is 57.1 Å². The van der Waals surface area contributed by atoms with Gasteiger partial charge in [0.2, 0.25) is 0 Å². The van der Waals surface area contributed by atoms with E-state index in [1.807, 2.05) is 37.3 Å². The molecule has 1 unspecified atom stereocenters. The van der Waals surface area contributed by atoms with Gasteiger partial charge in [-0.1, -0.05) is 39.0 Å². The number of ether oxygens (including phenoxy) is 2. The number of nitrogens with zero attached hydrogens (tertiary/aromatic N) is 1. The van der Waals surface area contributed by atoms with Crippen LogP contribution in [0.3, 0.4) is 0 Å². The molecule has 204 valence electrons. The third-order valence-corrected chi connectivity index (χ3v) is 7.03. The van der Waals surface area contributed by atoms with Gasteiger partial charge in [-0.3, -0.25) is 9.59 Å². The number of carboxylic acid groups (broad SMARTS) is 1. The fourth-order valence-corrected chi connectivity index (χ4v) is 5.05. The molecular formula is C30H31FN2O5S. The van der Waals surface area contributed by atoms with Gasteiger partial charge in [-0.15, -0.1) is 0 Å². The monoisotopic (exact) mass is 550 g/mol. The first-order valence-electron chi connectivity index (χ1n) is 13.0. The minimum Gasteiger partial charge on any atom is -0.493 e. The molecule has 1 amide bonds. The second-order valence-electron chi connectivity index (χ2n) is 9.06. The Hall–Kier alpha value is -3.85. The molecule has 3 aromatic rings. The molecule has 7 nitrogen and oxygen atoms in total. The maximum atomic E-state index is 14.7. The molecule has 4 rings (SSSR count). The van der Waals surface area contributed by atoms with Gasteiger partial charge in [-0.25, -0.2) is 4.39 Å². The standard InChI is InChI=1S/C30H31FN2O5S/c1-4-12-37-25-9-7-8-18-14-19(26(17-23(18)25)38-13-5-2)15-27-28(34)33-30(39-27)32-20-10-11-22(24(31)16-20)21(6-3)29(35)36/h7-11,14-17,21H,4-6,12-13H2,1-3H3,(H,35,36)(H,32,33,34)/b27-15+. The highest BCUT2D eigenvalue weighted by Gasteiger charge is 2.25. The van der Waals surface area contributed by atoms with Crippen LogP contribution in [0.4, 0.5) is 10.1 Å². The molecule has 0 saturated carbocycles. The number of hydrogen-bond donors (Lipinski definition) is 2. The van der Waals surface area contributed by atoms with E-state index in [-0.39, 0.29) is 12.0 Å². The highest BCUT2D eigenvalue weighted by atomic mass is 32.2. The maximum absolute atomic E-state index is 14.7. The van der Waals surface area contributed by atoms with Crippen molar-refractivity contribution in [2.24, 2.45) is 4.99 Å². The Morgan fingerprint density at radius 1 is 1.08 bits per heavy atom. The van der Waals surface area contributed by atoms with E-state index in [1.54, 1.807) is 19.1 Å². The summed E-state index contributed by atoms with van der Waals surface area (Å²) in [5, 5.41) is 14.5. The third-order valence-electron chi connectivity index (χ3n) is 6.13. The number of aliphatic carboxylic acids is 1. The maximum Gasteiger partial charge on any atom is 0.311 e. The molecule has 0 saturated heterocycles. The number of carbonyl (C=O) groups is 2. The number of fused-ring (bicyclic) bond motifs is 1. The molecule has 0 aromatic heterocycles. The van der Waals surface area contributed by atoms with Gasteiger partial charge in [0.1, 0.15) is 17.3 Å². The van der Waals surface area contributed by atoms with Crippen LogP contribution >= 0.6 is 11.8 Å². The zero-order valence-electron chi connectivity index (χ0n) is 22.1. The first-order valence-corrected chi connectivity index (χ1v) is 13.8. The molecule has 3 aromatic carbocycles. The summed E-state index contributed by atoms with van der Waals surface area (Å²) < 4.78 is 26.6. The zero-order chi connectivity index (χ0) is 27.9. The Bertz CT molecular complexity index is 1450. The summed E-state index contributed by atoms with van der Waals surface area (Å²) in [4.78, 5) is 28.6. The van der Waals surface area contributed by atoms with E-state index in [9.17, 15) is 19.1 Å². The summed E-state index contributed by atoms with van der Waals surface area (Å²) in [5.74, 6) is -1.62. The van der Waals surface area contributed by atoms with E-state index >= 15 is 0 Å². The largest absolute Gasteiger partial charge is 0.493 e. The van der Waals surface area contributed by atoms with Crippen molar-refractivity contribution >= 4 is 51.3 Å². The van der Waals surface area contributed by atoms with E-state index in [0.717, 1.165) is 46.7 Å². The van der Waals surface area contributed by atoms with E-state index < -0.39 is 23.6 Å². The number of hydrogen-bond acceptors (Lipinski definition) is 6. The van der Waals surface area contributed by atoms with Gasteiger partial charge in [-0.2, -0.15) is 4.99 Å². The first-order chi connectivity index (χ1) is 18.8. The number of aliphatic imine (C=N–C) groups is 1. The molecule has 0 radical (unpaired) electrons. The van der Waals surface area contributed by atoms with Crippen LogP contribution in [-0.4, -0.2) is 35.4 Å². The van der Waals surface area contributed by atoms with Crippen molar-refractivity contribution in [3.8, 4) is 11.5 Å². The van der Waals surface area contributed by atoms with Crippen molar-refractivity contribution in [2.45, 2.75) is 46.0 Å². The van der Waals surface area contributed by atoms with Crippen molar-refractivity contribution in [1.82, 2.24) is 0 Å². The summed E-state index contributed by atoms with van der Waals surface area (Å²) >= 11 is 1.14. The Labute approximate surface area is 231 Å². The van der Waals surface area contributed by atoms with Crippen LogP contribution in [0.25, 0.3) is 16.8 Å². The average molecular weight is 551 g/mol. The molecule has 0 fully saturated rings. The quantitative estimate of drug-likeness (QED) is 0.243. The number of halogens is 1. The predicted molar refractivity (Wildman–Crippen MR) is 154 cm³/mol. The Morgan fingerprint density at radius 2 is 1.82 bits per heavy atom. The molecule has 0 aliphatic carbocycles. The normalized spacial score (nSPS) is 14.9. The van der Waals surface area contributed by atoms with E-state index in [2.05, 4.69) is 17.2 Å². The average Bonchev–Trinajstić information content (AvgIpc) is 3.25. The highest BCUT2D eigenvalue weighted by molar-refractivity contribution is 8.18. The zero-order valence-corrected chi connectivity index (χ0v) is 22.9. The van der Waals surface area contributed by atoms with E-state index in [4.69, 9.17) is 9.47 Å². The number of amidine groups is 1. The number of nitrogens with one attached hydrogen (secondary N) is 1. The van der Waals surface area contributed by atoms with Gasteiger partial charge in [-0.05, 0) is 72.8 Å². The molecular weight excluding hydrogens is 519 g/mol. The third kappa shape index (κ3) is 6.60. The van der Waals surface area contributed by atoms with Gasteiger partial charge in [0.25, 0.3) is 5.91 Å². The van der Waals surface area contributed by atoms with Crippen LogP contribution in [0.15, 0.2) is 58.4 Å². The van der Waals surface area contributed by atoms with E-state index in [1.165, 1.54) is 12.1 Å². The van der Waals surface area contributed by atoms with Gasteiger partial charge in [0.05, 0.1) is 24.0 Å². The van der Waals surface area contributed by atoms with Crippen LogP contribution in [0.5, 0.6) is 11.5 Å². The van der Waals surface area contributed by atoms with E-state index in [0.29, 0.717) is 34.7 Å². The summed E-state index contributed by atoms with van der Waals surface area (Å²) in [7, 11) is 0. The molecule has 1 aliphatic heterocycles. The van der Waals surface area contributed by atoms with Gasteiger partial charge in [0, 0.05) is 22.2 Å². The second-order valence-corrected chi connectivity index (χ2v) is 10.1. The lowest BCUT2D eigenvalue weighted by Crippen LogP contribution is -2.13. The number of carbonyl (C=O) groups excluding carboxylic acids is 1. The molecule has 1 aliphatic rings. The van der Waals surface area contributed by atoms with Crippen molar-refractivity contribution in [3.05, 3.63) is 70.4 Å². The van der Waals surface area contributed by atoms with Gasteiger partial charge in [0.15, 0.2) is 5.17 Å². The molecule has 0 bridgehead atoms. The first kappa shape index (κ1) is 28.2. The van der Waals surface area contributed by atoms with Crippen LogP contribution in [-0.2, 0) is 9.59 Å². The van der Waals surface area contributed by atoms with Crippen molar-refractivity contribution in [3.63, 3.8) is 0 Å². The van der Waals surface area contributed by atoms with Crippen LogP contribution in [0, 0.1) is 5.82 Å². The SMILES string of the molecule is CCCOc1cc2c(OCCC)cccc2cc1/C=C1/SC(Nc2ccc(C(CC)C(=O)O)c(F)c2)=NC1=O. The fraction of sp³-hybridized carbons (Fsp3) is 0.300. The second kappa shape index (κ2) is 12.8. The summed E-state index contributed by atoms with van der Waals surface area (Å²) in [6.45, 7) is 6.91. The molecule has 0 spiro atoms. The number of amides is 1. The number of rotatable bonds is 11. The summed E-state index contributed by atoms with van der Waals surface area (Å²) in [6, 6.07) is 14.0. The Kier molecular flexibility index (Phi) is 9.24. The molecule has 39 heavy (non-hydrogen) atoms. The fourth-order valence-electron chi connectivity index (χ4n) is 4.22. The molecule has 2 N–H and O–H groups in total. The minimum atomic E-state index is -1.08. The number of benzene rings is 3. The minimum absolute atomic E-state index is 0.118. The number of thioether (sulfide) groups is 1. The molecule has 1 atom stereocenters. The van der Waals surface area contributed by atoms with Crippen molar-refractivity contribution in [2.75, 3.05) is 18.5 Å². The predicted octanol–water partition coefficient (Wildman–Crippen LogP) is 7.22. The Balaban J connectivity index is 1.58. The summed E-state index contributed by atoms with van der Waals surface area (Å²) in [5.41, 5.74) is 1.23. The molecule has 1 heterocycles. The van der Waals surface area contributed by atoms with Crippen molar-refractivity contribution in [1.29, 1.82) is 0 Å². The summed E-state index contributed by atoms with van der Waals surface area (Å²) in [6.07, 6.45) is 3.75. The Morgan fingerprint density at radius 3 is 2.49 bits per heavy atom. The lowest BCUT2D eigenvalue weighted by atomic mass is 9.96. The number of carboxylic acids is 1. The highest BCUT2D eigenvalue weighted by Crippen LogP contribution is 2.37. The lowest BCUT2D eigenvalue weighted by molar-refractivity contribution is -0.139. The van der Waals surface area contributed by atoms with Crippen molar-refractivity contribution < 1.29 is 28.6 Å².